The summed E-state index contributed by atoms with van der Waals surface area (Å²) in [6, 6.07) is 4.09. The zero-order valence-corrected chi connectivity index (χ0v) is 11.4. The van der Waals surface area contributed by atoms with Crippen molar-refractivity contribution < 1.29 is 14.3 Å². The zero-order valence-electron chi connectivity index (χ0n) is 10.6. The van der Waals surface area contributed by atoms with Crippen LogP contribution in [0.5, 0.6) is 0 Å². The number of carboxylic acid groups (broad SMARTS) is 1. The van der Waals surface area contributed by atoms with E-state index in [1.807, 2.05) is 11.8 Å². The van der Waals surface area contributed by atoms with E-state index in [0.29, 0.717) is 6.54 Å². The van der Waals surface area contributed by atoms with Crippen molar-refractivity contribution in [2.24, 2.45) is 0 Å². The number of hydrogen-bond donors (Lipinski definition) is 2. The van der Waals surface area contributed by atoms with E-state index in [-0.39, 0.29) is 11.3 Å². The second kappa shape index (κ2) is 6.77. The number of nitrogens with one attached hydrogen (secondary N) is 1. The standard InChI is InChI=1S/C13H17FN2O2S/c14-11-3-1-2-10(13(17)18)12(11)15-4-5-16-6-8-19-9-7-16/h1-3,15H,4-9H2,(H,17,18). The highest BCUT2D eigenvalue weighted by molar-refractivity contribution is 7.99. The Kier molecular flexibility index (Phi) is 5.04. The van der Waals surface area contributed by atoms with Crippen molar-refractivity contribution in [2.75, 3.05) is 43.0 Å². The molecule has 1 saturated heterocycles. The Bertz CT molecular complexity index is 450. The van der Waals surface area contributed by atoms with Crippen molar-refractivity contribution in [1.82, 2.24) is 4.90 Å². The Morgan fingerprint density at radius 2 is 2.16 bits per heavy atom. The van der Waals surface area contributed by atoms with Crippen LogP contribution in [0.2, 0.25) is 0 Å². The van der Waals surface area contributed by atoms with Gasteiger partial charge in [-0.2, -0.15) is 11.8 Å². The number of hydrogen-bond acceptors (Lipinski definition) is 4. The van der Waals surface area contributed by atoms with E-state index in [9.17, 15) is 9.18 Å². The molecule has 0 bridgehead atoms. The molecule has 1 aliphatic heterocycles. The third kappa shape index (κ3) is 3.84. The third-order valence-electron chi connectivity index (χ3n) is 3.08. The van der Waals surface area contributed by atoms with E-state index in [4.69, 9.17) is 5.11 Å². The molecule has 2 N–H and O–H groups in total. The molecule has 1 aromatic rings. The summed E-state index contributed by atoms with van der Waals surface area (Å²) in [4.78, 5) is 13.3. The van der Waals surface area contributed by atoms with Crippen LogP contribution < -0.4 is 5.32 Å². The second-order valence-corrected chi connectivity index (χ2v) is 5.57. The molecule has 0 unspecified atom stereocenters. The fraction of sp³-hybridized carbons (Fsp3) is 0.462. The number of nitrogens with zero attached hydrogens (tertiary/aromatic N) is 1. The molecule has 2 rings (SSSR count). The normalized spacial score (nSPS) is 16.3. The van der Waals surface area contributed by atoms with Gasteiger partial charge in [0.1, 0.15) is 5.82 Å². The first kappa shape index (κ1) is 14.1. The van der Waals surface area contributed by atoms with Gasteiger partial charge in [0.15, 0.2) is 0 Å². The van der Waals surface area contributed by atoms with Crippen LogP contribution in [-0.4, -0.2) is 53.7 Å². The number of halogens is 1. The highest BCUT2D eigenvalue weighted by Crippen LogP contribution is 2.19. The molecule has 1 aromatic carbocycles. The molecular weight excluding hydrogens is 267 g/mol. The number of rotatable bonds is 5. The maximum absolute atomic E-state index is 13.6. The van der Waals surface area contributed by atoms with E-state index in [0.717, 1.165) is 31.1 Å². The van der Waals surface area contributed by atoms with Crippen LogP contribution in [0.25, 0.3) is 0 Å². The van der Waals surface area contributed by atoms with Gasteiger partial charge in [0.05, 0.1) is 11.3 Å². The minimum atomic E-state index is -1.11. The van der Waals surface area contributed by atoms with Crippen LogP contribution >= 0.6 is 11.8 Å². The monoisotopic (exact) mass is 284 g/mol. The summed E-state index contributed by atoms with van der Waals surface area (Å²) < 4.78 is 13.6. The van der Waals surface area contributed by atoms with Gasteiger partial charge in [-0.05, 0) is 12.1 Å². The van der Waals surface area contributed by atoms with E-state index in [1.54, 1.807) is 0 Å². The topological polar surface area (TPSA) is 52.6 Å². The molecule has 1 fully saturated rings. The number of thioether (sulfide) groups is 1. The minimum absolute atomic E-state index is 0.0193. The maximum Gasteiger partial charge on any atom is 0.337 e. The Balaban J connectivity index is 1.93. The number of carbonyl (C=O) groups is 1. The lowest BCUT2D eigenvalue weighted by molar-refractivity contribution is 0.0697. The van der Waals surface area contributed by atoms with Crippen molar-refractivity contribution >= 4 is 23.4 Å². The Hall–Kier alpha value is -1.27. The first-order chi connectivity index (χ1) is 9.18. The quantitative estimate of drug-likeness (QED) is 0.866. The second-order valence-electron chi connectivity index (χ2n) is 4.35. The molecule has 104 valence electrons. The minimum Gasteiger partial charge on any atom is -0.478 e. The maximum atomic E-state index is 13.6. The first-order valence-electron chi connectivity index (χ1n) is 6.24. The SMILES string of the molecule is O=C(O)c1cccc(F)c1NCCN1CCSCC1. The summed E-state index contributed by atoms with van der Waals surface area (Å²) in [6.45, 7) is 3.42. The van der Waals surface area contributed by atoms with Gasteiger partial charge < -0.3 is 10.4 Å². The van der Waals surface area contributed by atoms with E-state index >= 15 is 0 Å². The molecule has 1 aliphatic rings. The van der Waals surface area contributed by atoms with Gasteiger partial charge in [0.25, 0.3) is 0 Å². The molecule has 19 heavy (non-hydrogen) atoms. The highest BCUT2D eigenvalue weighted by atomic mass is 32.2. The molecule has 0 atom stereocenters. The molecule has 0 spiro atoms. The average Bonchev–Trinajstić information content (AvgIpc) is 2.41. The number of carboxylic acids is 1. The van der Waals surface area contributed by atoms with Crippen molar-refractivity contribution in [3.63, 3.8) is 0 Å². The van der Waals surface area contributed by atoms with Crippen LogP contribution in [0.1, 0.15) is 10.4 Å². The van der Waals surface area contributed by atoms with Crippen molar-refractivity contribution in [3.05, 3.63) is 29.6 Å². The number of benzene rings is 1. The van der Waals surface area contributed by atoms with Crippen molar-refractivity contribution in [3.8, 4) is 0 Å². The van der Waals surface area contributed by atoms with Crippen LogP contribution in [0.15, 0.2) is 18.2 Å². The predicted molar refractivity (Wildman–Crippen MR) is 75.6 cm³/mol. The molecule has 0 aromatic heterocycles. The largest absolute Gasteiger partial charge is 0.478 e. The average molecular weight is 284 g/mol. The lowest BCUT2D eigenvalue weighted by Crippen LogP contribution is -2.36. The van der Waals surface area contributed by atoms with Crippen molar-refractivity contribution in [2.45, 2.75) is 0 Å². The first-order valence-corrected chi connectivity index (χ1v) is 7.40. The van der Waals surface area contributed by atoms with E-state index in [1.165, 1.54) is 18.2 Å². The smallest absolute Gasteiger partial charge is 0.337 e. The summed E-state index contributed by atoms with van der Waals surface area (Å²) in [5, 5.41) is 11.9. The molecule has 0 aliphatic carbocycles. The van der Waals surface area contributed by atoms with Gasteiger partial charge in [-0.1, -0.05) is 6.07 Å². The summed E-state index contributed by atoms with van der Waals surface area (Å²) in [7, 11) is 0. The van der Waals surface area contributed by atoms with Crippen LogP contribution in [-0.2, 0) is 0 Å². The van der Waals surface area contributed by atoms with Gasteiger partial charge in [-0.3, -0.25) is 4.90 Å². The van der Waals surface area contributed by atoms with Crippen LogP contribution in [0.3, 0.4) is 0 Å². The van der Waals surface area contributed by atoms with Gasteiger partial charge in [-0.15, -0.1) is 0 Å². The molecular formula is C13H17FN2O2S. The zero-order chi connectivity index (χ0) is 13.7. The van der Waals surface area contributed by atoms with Gasteiger partial charge >= 0.3 is 5.97 Å². The summed E-state index contributed by atoms with van der Waals surface area (Å²) in [6.07, 6.45) is 0. The van der Waals surface area contributed by atoms with Crippen LogP contribution in [0, 0.1) is 5.82 Å². The molecule has 0 amide bonds. The van der Waals surface area contributed by atoms with E-state index < -0.39 is 11.8 Å². The number of para-hydroxylation sites is 1. The Morgan fingerprint density at radius 1 is 1.42 bits per heavy atom. The molecule has 0 saturated carbocycles. The van der Waals surface area contributed by atoms with Gasteiger partial charge in [0, 0.05) is 37.7 Å². The van der Waals surface area contributed by atoms with Crippen molar-refractivity contribution in [1.29, 1.82) is 0 Å². The van der Waals surface area contributed by atoms with Gasteiger partial charge in [0.2, 0.25) is 0 Å². The predicted octanol–water partition coefficient (Wildman–Crippen LogP) is 1.98. The molecule has 4 nitrogen and oxygen atoms in total. The lowest BCUT2D eigenvalue weighted by Gasteiger charge is -2.26. The summed E-state index contributed by atoms with van der Waals surface area (Å²) in [5.41, 5.74) is 0.0654. The Morgan fingerprint density at radius 3 is 2.84 bits per heavy atom. The lowest BCUT2D eigenvalue weighted by atomic mass is 10.1. The fourth-order valence-corrected chi connectivity index (χ4v) is 3.02. The molecule has 1 heterocycles. The molecule has 0 radical (unpaired) electrons. The summed E-state index contributed by atoms with van der Waals surface area (Å²) >= 11 is 1.94. The van der Waals surface area contributed by atoms with Gasteiger partial charge in [-0.25, -0.2) is 9.18 Å². The highest BCUT2D eigenvalue weighted by Gasteiger charge is 2.14. The molecule has 6 heteroatoms. The van der Waals surface area contributed by atoms with Crippen LogP contribution in [0.4, 0.5) is 10.1 Å². The fourth-order valence-electron chi connectivity index (χ4n) is 2.05. The number of aromatic carboxylic acids is 1. The van der Waals surface area contributed by atoms with E-state index in [2.05, 4.69) is 10.2 Å². The summed E-state index contributed by atoms with van der Waals surface area (Å²) in [5.74, 6) is 0.616. The Labute approximate surface area is 116 Å². The third-order valence-corrected chi connectivity index (χ3v) is 4.02. The number of anilines is 1.